The normalized spacial score (nSPS) is 10.9. The van der Waals surface area contributed by atoms with Gasteiger partial charge in [0.15, 0.2) is 5.13 Å². The maximum Gasteiger partial charge on any atom is 0.183 e. The molecule has 0 unspecified atom stereocenters. The van der Waals surface area contributed by atoms with Crippen LogP contribution < -0.4 is 5.32 Å². The molecule has 25 heavy (non-hydrogen) atoms. The topological polar surface area (TPSA) is 37.8 Å². The molecular weight excluding hydrogens is 333 g/mol. The first kappa shape index (κ1) is 15.7. The van der Waals surface area contributed by atoms with E-state index in [1.54, 1.807) is 35.9 Å². The third-order valence-corrected chi connectivity index (χ3v) is 4.96. The molecule has 2 heterocycles. The average molecular weight is 349 g/mol. The lowest BCUT2D eigenvalue weighted by Gasteiger charge is -2.02. The van der Waals surface area contributed by atoms with Crippen LogP contribution in [0.25, 0.3) is 21.3 Å². The number of halogens is 1. The molecule has 3 nitrogen and oxygen atoms in total. The van der Waals surface area contributed by atoms with Crippen LogP contribution in [-0.2, 0) is 6.42 Å². The molecule has 124 valence electrons. The monoisotopic (exact) mass is 349 g/mol. The molecule has 0 fully saturated rings. The number of fused-ring (bicyclic) bond motifs is 1. The van der Waals surface area contributed by atoms with Crippen LogP contribution in [0.15, 0.2) is 67.0 Å². The Hall–Kier alpha value is -2.79. The van der Waals surface area contributed by atoms with E-state index in [4.69, 9.17) is 0 Å². The Bertz CT molecular complexity index is 998. The third kappa shape index (κ3) is 3.67. The molecule has 0 saturated carbocycles. The summed E-state index contributed by atoms with van der Waals surface area (Å²) >= 11 is 1.63. The minimum absolute atomic E-state index is 0.193. The lowest BCUT2D eigenvalue weighted by molar-refractivity contribution is 0.625. The lowest BCUT2D eigenvalue weighted by Crippen LogP contribution is -2.04. The molecule has 0 amide bonds. The van der Waals surface area contributed by atoms with E-state index in [0.717, 1.165) is 45.0 Å². The SMILES string of the molecule is Fc1cccc(CCNc2nc3ccc(-c4ccncc4)cc3s2)c1. The van der Waals surface area contributed by atoms with E-state index in [1.165, 1.54) is 6.07 Å². The van der Waals surface area contributed by atoms with Crippen LogP contribution in [0.2, 0.25) is 0 Å². The van der Waals surface area contributed by atoms with Crippen LogP contribution in [-0.4, -0.2) is 16.5 Å². The molecule has 5 heteroatoms. The summed E-state index contributed by atoms with van der Waals surface area (Å²) in [6, 6.07) is 17.0. The summed E-state index contributed by atoms with van der Waals surface area (Å²) in [5, 5.41) is 4.22. The zero-order valence-electron chi connectivity index (χ0n) is 13.4. The van der Waals surface area contributed by atoms with Gasteiger partial charge in [-0.2, -0.15) is 0 Å². The van der Waals surface area contributed by atoms with Crippen molar-refractivity contribution in [1.82, 2.24) is 9.97 Å². The molecule has 1 N–H and O–H groups in total. The summed E-state index contributed by atoms with van der Waals surface area (Å²) in [6.07, 6.45) is 4.35. The van der Waals surface area contributed by atoms with E-state index in [0.29, 0.717) is 0 Å². The van der Waals surface area contributed by atoms with Gasteiger partial charge >= 0.3 is 0 Å². The van der Waals surface area contributed by atoms with Gasteiger partial charge < -0.3 is 5.32 Å². The minimum Gasteiger partial charge on any atom is -0.361 e. The highest BCUT2D eigenvalue weighted by Crippen LogP contribution is 2.30. The van der Waals surface area contributed by atoms with Crippen LogP contribution in [0, 0.1) is 5.82 Å². The number of anilines is 1. The Morgan fingerprint density at radius 1 is 0.960 bits per heavy atom. The van der Waals surface area contributed by atoms with Gasteiger partial charge in [-0.25, -0.2) is 9.37 Å². The van der Waals surface area contributed by atoms with E-state index in [9.17, 15) is 4.39 Å². The largest absolute Gasteiger partial charge is 0.361 e. The van der Waals surface area contributed by atoms with Gasteiger partial charge in [0, 0.05) is 18.9 Å². The van der Waals surface area contributed by atoms with Gasteiger partial charge in [-0.1, -0.05) is 29.5 Å². The number of hydrogen-bond donors (Lipinski definition) is 1. The van der Waals surface area contributed by atoms with Gasteiger partial charge in [0.1, 0.15) is 5.82 Å². The number of aromatic nitrogens is 2. The number of nitrogens with one attached hydrogen (secondary N) is 1. The first-order chi connectivity index (χ1) is 12.3. The van der Waals surface area contributed by atoms with Gasteiger partial charge in [-0.3, -0.25) is 4.98 Å². The zero-order chi connectivity index (χ0) is 17.1. The summed E-state index contributed by atoms with van der Waals surface area (Å²) in [4.78, 5) is 8.68. The van der Waals surface area contributed by atoms with Crippen molar-refractivity contribution >= 4 is 26.7 Å². The highest BCUT2D eigenvalue weighted by atomic mass is 32.1. The molecule has 0 bridgehead atoms. The molecule has 2 aromatic heterocycles. The fraction of sp³-hybridized carbons (Fsp3) is 0.100. The first-order valence-electron chi connectivity index (χ1n) is 8.07. The number of rotatable bonds is 5. The van der Waals surface area contributed by atoms with Crippen LogP contribution in [0.1, 0.15) is 5.56 Å². The highest BCUT2D eigenvalue weighted by Gasteiger charge is 2.06. The highest BCUT2D eigenvalue weighted by molar-refractivity contribution is 7.22. The van der Waals surface area contributed by atoms with Crippen molar-refractivity contribution in [2.45, 2.75) is 6.42 Å². The number of nitrogens with zero attached hydrogens (tertiary/aromatic N) is 2. The average Bonchev–Trinajstić information content (AvgIpc) is 3.04. The zero-order valence-corrected chi connectivity index (χ0v) is 14.3. The number of thiazole rings is 1. The Labute approximate surface area is 149 Å². The second-order valence-corrected chi connectivity index (χ2v) is 6.77. The van der Waals surface area contributed by atoms with Gasteiger partial charge in [-0.15, -0.1) is 0 Å². The Morgan fingerprint density at radius 3 is 2.68 bits per heavy atom. The van der Waals surface area contributed by atoms with Crippen LogP contribution >= 0.6 is 11.3 Å². The smallest absolute Gasteiger partial charge is 0.183 e. The van der Waals surface area contributed by atoms with Crippen LogP contribution in [0.3, 0.4) is 0 Å². The summed E-state index contributed by atoms with van der Waals surface area (Å²) in [6.45, 7) is 0.723. The van der Waals surface area contributed by atoms with Crippen molar-refractivity contribution in [2.75, 3.05) is 11.9 Å². The molecule has 0 spiro atoms. The van der Waals surface area contributed by atoms with Crippen LogP contribution in [0.5, 0.6) is 0 Å². The van der Waals surface area contributed by atoms with Crippen molar-refractivity contribution in [2.24, 2.45) is 0 Å². The second-order valence-electron chi connectivity index (χ2n) is 5.74. The number of hydrogen-bond acceptors (Lipinski definition) is 4. The molecule has 0 saturated heterocycles. The van der Waals surface area contributed by atoms with Crippen molar-refractivity contribution in [1.29, 1.82) is 0 Å². The van der Waals surface area contributed by atoms with Gasteiger partial charge in [-0.05, 0) is 59.5 Å². The molecule has 0 radical (unpaired) electrons. The van der Waals surface area contributed by atoms with E-state index in [1.807, 2.05) is 24.3 Å². The van der Waals surface area contributed by atoms with Crippen molar-refractivity contribution in [3.05, 3.63) is 78.4 Å². The number of pyridine rings is 1. The van der Waals surface area contributed by atoms with Gasteiger partial charge in [0.25, 0.3) is 0 Å². The lowest BCUT2D eigenvalue weighted by atomic mass is 10.1. The predicted molar refractivity (Wildman–Crippen MR) is 101 cm³/mol. The molecule has 0 aliphatic carbocycles. The molecular formula is C20H16FN3S. The molecule has 2 aromatic carbocycles. The third-order valence-electron chi connectivity index (χ3n) is 3.98. The van der Waals surface area contributed by atoms with E-state index in [-0.39, 0.29) is 5.82 Å². The Kier molecular flexibility index (Phi) is 4.39. The molecule has 0 aliphatic heterocycles. The fourth-order valence-corrected chi connectivity index (χ4v) is 3.66. The molecule has 4 rings (SSSR count). The minimum atomic E-state index is -0.193. The van der Waals surface area contributed by atoms with Crippen LogP contribution in [0.4, 0.5) is 9.52 Å². The summed E-state index contributed by atoms with van der Waals surface area (Å²) in [5.41, 5.74) is 4.26. The number of benzene rings is 2. The van der Waals surface area contributed by atoms with Crippen molar-refractivity contribution in [3.8, 4) is 11.1 Å². The summed E-state index contributed by atoms with van der Waals surface area (Å²) in [7, 11) is 0. The first-order valence-corrected chi connectivity index (χ1v) is 8.89. The standard InChI is InChI=1S/C20H16FN3S/c21-17-3-1-2-14(12-17)6-11-23-20-24-18-5-4-16(13-19(18)25-20)15-7-9-22-10-8-15/h1-5,7-10,12-13H,6,11H2,(H,23,24). The Morgan fingerprint density at radius 2 is 1.84 bits per heavy atom. The molecule has 4 aromatic rings. The molecule has 0 atom stereocenters. The van der Waals surface area contributed by atoms with Gasteiger partial charge in [0.2, 0.25) is 0 Å². The van der Waals surface area contributed by atoms with E-state index < -0.39 is 0 Å². The van der Waals surface area contributed by atoms with Gasteiger partial charge in [0.05, 0.1) is 10.2 Å². The van der Waals surface area contributed by atoms with Crippen molar-refractivity contribution in [3.63, 3.8) is 0 Å². The fourth-order valence-electron chi connectivity index (χ4n) is 2.73. The maximum absolute atomic E-state index is 13.2. The second kappa shape index (κ2) is 6.99. The molecule has 0 aliphatic rings. The quantitative estimate of drug-likeness (QED) is 0.541. The van der Waals surface area contributed by atoms with E-state index in [2.05, 4.69) is 27.4 Å². The maximum atomic E-state index is 13.2. The Balaban J connectivity index is 1.47. The predicted octanol–water partition coefficient (Wildman–Crippen LogP) is 5.15. The van der Waals surface area contributed by atoms with Crippen molar-refractivity contribution < 1.29 is 4.39 Å². The summed E-state index contributed by atoms with van der Waals surface area (Å²) in [5.74, 6) is -0.193. The van der Waals surface area contributed by atoms with E-state index >= 15 is 0 Å². The summed E-state index contributed by atoms with van der Waals surface area (Å²) < 4.78 is 14.3.